The van der Waals surface area contributed by atoms with Crippen molar-refractivity contribution in [1.29, 1.82) is 0 Å². The fourth-order valence-corrected chi connectivity index (χ4v) is 2.67. The molecule has 26 heavy (non-hydrogen) atoms. The zero-order valence-electron chi connectivity index (χ0n) is 13.9. The number of nitrogens with zero attached hydrogens (tertiary/aromatic N) is 1. The molecule has 1 heterocycles. The van der Waals surface area contributed by atoms with Crippen molar-refractivity contribution < 1.29 is 23.5 Å². The van der Waals surface area contributed by atoms with Crippen molar-refractivity contribution in [3.05, 3.63) is 52.8 Å². The van der Waals surface area contributed by atoms with E-state index in [0.717, 1.165) is 11.6 Å². The van der Waals surface area contributed by atoms with E-state index >= 15 is 0 Å². The fraction of sp³-hybridized carbons (Fsp3) is 0.222. The highest BCUT2D eigenvalue weighted by Crippen LogP contribution is 2.32. The van der Waals surface area contributed by atoms with Gasteiger partial charge in [-0.2, -0.15) is 0 Å². The number of anilines is 1. The van der Waals surface area contributed by atoms with E-state index in [1.807, 2.05) is 0 Å². The van der Waals surface area contributed by atoms with Crippen LogP contribution in [-0.4, -0.2) is 30.1 Å². The van der Waals surface area contributed by atoms with Crippen LogP contribution in [0.3, 0.4) is 0 Å². The van der Waals surface area contributed by atoms with Gasteiger partial charge < -0.3 is 19.7 Å². The van der Waals surface area contributed by atoms with Gasteiger partial charge in [0.1, 0.15) is 12.4 Å². The standard InChI is InChI=1S/C18H16ClFN2O4/c1-11(23)22(8-12-2-5-16-17(6-12)26-10-25-16)9-18(24)21-13-3-4-15(20)14(19)7-13/h2-7H,8-10H2,1H3,(H,21,24). The molecule has 1 N–H and O–H groups in total. The topological polar surface area (TPSA) is 67.9 Å². The molecule has 0 unspecified atom stereocenters. The van der Waals surface area contributed by atoms with Crippen LogP contribution < -0.4 is 14.8 Å². The van der Waals surface area contributed by atoms with Crippen LogP contribution in [0.5, 0.6) is 11.5 Å². The van der Waals surface area contributed by atoms with Gasteiger partial charge in [-0.1, -0.05) is 17.7 Å². The monoisotopic (exact) mass is 378 g/mol. The molecule has 0 saturated carbocycles. The van der Waals surface area contributed by atoms with Crippen molar-refractivity contribution in [2.75, 3.05) is 18.7 Å². The third kappa shape index (κ3) is 4.23. The summed E-state index contributed by atoms with van der Waals surface area (Å²) in [5, 5.41) is 2.50. The molecule has 3 rings (SSSR count). The first kappa shape index (κ1) is 18.0. The Morgan fingerprint density at radius 1 is 1.19 bits per heavy atom. The molecule has 0 bridgehead atoms. The van der Waals surface area contributed by atoms with Crippen molar-refractivity contribution in [1.82, 2.24) is 4.90 Å². The molecule has 0 aliphatic carbocycles. The van der Waals surface area contributed by atoms with Crippen molar-refractivity contribution in [3.8, 4) is 11.5 Å². The van der Waals surface area contributed by atoms with Crippen molar-refractivity contribution >= 4 is 29.1 Å². The number of hydrogen-bond donors (Lipinski definition) is 1. The highest BCUT2D eigenvalue weighted by atomic mass is 35.5. The fourth-order valence-electron chi connectivity index (χ4n) is 2.49. The maximum Gasteiger partial charge on any atom is 0.244 e. The Labute approximate surface area is 154 Å². The van der Waals surface area contributed by atoms with E-state index < -0.39 is 11.7 Å². The molecule has 0 radical (unpaired) electrons. The predicted octanol–water partition coefficient (Wildman–Crippen LogP) is 3.20. The minimum Gasteiger partial charge on any atom is -0.454 e. The Hall–Kier alpha value is -2.80. The van der Waals surface area contributed by atoms with Crippen LogP contribution in [0.2, 0.25) is 5.02 Å². The average molecular weight is 379 g/mol. The molecule has 0 fully saturated rings. The maximum atomic E-state index is 13.2. The number of carbonyl (C=O) groups excluding carboxylic acids is 2. The summed E-state index contributed by atoms with van der Waals surface area (Å²) in [4.78, 5) is 25.5. The number of amides is 2. The molecule has 1 aliphatic rings. The van der Waals surface area contributed by atoms with E-state index in [-0.39, 0.29) is 30.8 Å². The molecule has 136 valence electrons. The highest BCUT2D eigenvalue weighted by molar-refractivity contribution is 6.31. The zero-order valence-corrected chi connectivity index (χ0v) is 14.7. The Balaban J connectivity index is 1.65. The van der Waals surface area contributed by atoms with Gasteiger partial charge in [-0.3, -0.25) is 9.59 Å². The molecule has 0 atom stereocenters. The van der Waals surface area contributed by atoms with Gasteiger partial charge in [0.2, 0.25) is 18.6 Å². The van der Waals surface area contributed by atoms with Gasteiger partial charge in [-0.15, -0.1) is 0 Å². The molecule has 2 aromatic carbocycles. The van der Waals surface area contributed by atoms with Crippen LogP contribution in [0.4, 0.5) is 10.1 Å². The normalized spacial score (nSPS) is 12.0. The summed E-state index contributed by atoms with van der Waals surface area (Å²) in [5.74, 6) is 0.0156. The lowest BCUT2D eigenvalue weighted by Crippen LogP contribution is -2.36. The zero-order chi connectivity index (χ0) is 18.7. The van der Waals surface area contributed by atoms with Crippen LogP contribution in [0.1, 0.15) is 12.5 Å². The first-order valence-electron chi connectivity index (χ1n) is 7.81. The first-order chi connectivity index (χ1) is 12.4. The van der Waals surface area contributed by atoms with Crippen molar-refractivity contribution in [2.45, 2.75) is 13.5 Å². The van der Waals surface area contributed by atoms with Gasteiger partial charge in [0, 0.05) is 19.2 Å². The lowest BCUT2D eigenvalue weighted by molar-refractivity contribution is -0.133. The number of ether oxygens (including phenoxy) is 2. The average Bonchev–Trinajstić information content (AvgIpc) is 3.05. The summed E-state index contributed by atoms with van der Waals surface area (Å²) >= 11 is 5.69. The quantitative estimate of drug-likeness (QED) is 0.867. The summed E-state index contributed by atoms with van der Waals surface area (Å²) in [6, 6.07) is 9.21. The van der Waals surface area contributed by atoms with Crippen LogP contribution in [0.25, 0.3) is 0 Å². The van der Waals surface area contributed by atoms with Gasteiger partial charge in [-0.25, -0.2) is 4.39 Å². The van der Waals surface area contributed by atoms with Crippen LogP contribution in [-0.2, 0) is 16.1 Å². The van der Waals surface area contributed by atoms with Crippen molar-refractivity contribution in [2.24, 2.45) is 0 Å². The van der Waals surface area contributed by atoms with E-state index in [9.17, 15) is 14.0 Å². The molecular formula is C18H16ClFN2O4. The smallest absolute Gasteiger partial charge is 0.244 e. The number of halogens is 2. The predicted molar refractivity (Wildman–Crippen MR) is 93.7 cm³/mol. The van der Waals surface area contributed by atoms with E-state index in [0.29, 0.717) is 17.2 Å². The second kappa shape index (κ2) is 7.61. The number of rotatable bonds is 5. The van der Waals surface area contributed by atoms with Gasteiger partial charge in [0.05, 0.1) is 5.02 Å². The largest absolute Gasteiger partial charge is 0.454 e. The van der Waals surface area contributed by atoms with Gasteiger partial charge in [0.25, 0.3) is 0 Å². The minimum atomic E-state index is -0.571. The van der Waals surface area contributed by atoms with Crippen LogP contribution >= 0.6 is 11.6 Å². The summed E-state index contributed by atoms with van der Waals surface area (Å²) < 4.78 is 23.7. The van der Waals surface area contributed by atoms with E-state index in [1.165, 1.54) is 24.0 Å². The number of carbonyl (C=O) groups is 2. The SMILES string of the molecule is CC(=O)N(CC(=O)Nc1ccc(F)c(Cl)c1)Cc1ccc2c(c1)OCO2. The molecule has 6 nitrogen and oxygen atoms in total. The first-order valence-corrected chi connectivity index (χ1v) is 8.19. The molecule has 0 aromatic heterocycles. The second-order valence-electron chi connectivity index (χ2n) is 5.74. The molecule has 2 amide bonds. The highest BCUT2D eigenvalue weighted by Gasteiger charge is 2.18. The summed E-state index contributed by atoms with van der Waals surface area (Å²) in [6.07, 6.45) is 0. The van der Waals surface area contributed by atoms with Gasteiger partial charge >= 0.3 is 0 Å². The van der Waals surface area contributed by atoms with Crippen LogP contribution in [0, 0.1) is 5.82 Å². The Bertz CT molecular complexity index is 859. The summed E-state index contributed by atoms with van der Waals surface area (Å²) in [5.41, 5.74) is 1.16. The third-order valence-electron chi connectivity index (χ3n) is 3.79. The Morgan fingerprint density at radius 3 is 2.69 bits per heavy atom. The van der Waals surface area contributed by atoms with Crippen LogP contribution in [0.15, 0.2) is 36.4 Å². The summed E-state index contributed by atoms with van der Waals surface area (Å²) in [6.45, 7) is 1.63. The Morgan fingerprint density at radius 2 is 1.96 bits per heavy atom. The third-order valence-corrected chi connectivity index (χ3v) is 4.08. The van der Waals surface area contributed by atoms with E-state index in [2.05, 4.69) is 5.32 Å². The summed E-state index contributed by atoms with van der Waals surface area (Å²) in [7, 11) is 0. The van der Waals surface area contributed by atoms with Gasteiger partial charge in [-0.05, 0) is 35.9 Å². The number of benzene rings is 2. The lowest BCUT2D eigenvalue weighted by atomic mass is 10.2. The number of fused-ring (bicyclic) bond motifs is 1. The molecule has 2 aromatic rings. The second-order valence-corrected chi connectivity index (χ2v) is 6.15. The lowest BCUT2D eigenvalue weighted by Gasteiger charge is -2.21. The number of nitrogens with one attached hydrogen (secondary N) is 1. The molecule has 1 aliphatic heterocycles. The van der Waals surface area contributed by atoms with E-state index in [4.69, 9.17) is 21.1 Å². The van der Waals surface area contributed by atoms with Crippen molar-refractivity contribution in [3.63, 3.8) is 0 Å². The Kier molecular flexibility index (Phi) is 5.27. The molecule has 0 spiro atoms. The number of hydrogen-bond acceptors (Lipinski definition) is 4. The molecular weight excluding hydrogens is 363 g/mol. The van der Waals surface area contributed by atoms with Gasteiger partial charge in [0.15, 0.2) is 11.5 Å². The minimum absolute atomic E-state index is 0.0911. The van der Waals surface area contributed by atoms with E-state index in [1.54, 1.807) is 18.2 Å². The maximum absolute atomic E-state index is 13.2. The molecule has 8 heteroatoms. The molecule has 0 saturated heterocycles.